The molecule has 0 amide bonds. The van der Waals surface area contributed by atoms with E-state index in [0.717, 1.165) is 18.7 Å². The van der Waals surface area contributed by atoms with Crippen LogP contribution in [0.1, 0.15) is 39.7 Å². The van der Waals surface area contributed by atoms with Gasteiger partial charge in [-0.05, 0) is 30.7 Å². The van der Waals surface area contributed by atoms with Gasteiger partial charge in [0, 0.05) is 0 Å². The molecule has 0 bridgehead atoms. The molecule has 0 radical (unpaired) electrons. The summed E-state index contributed by atoms with van der Waals surface area (Å²) in [6, 6.07) is 8.24. The lowest BCUT2D eigenvalue weighted by Crippen LogP contribution is -1.87. The second kappa shape index (κ2) is 14.0. The first-order valence-corrected chi connectivity index (χ1v) is 6.11. The van der Waals surface area contributed by atoms with Crippen molar-refractivity contribution in [3.8, 4) is 5.75 Å². The van der Waals surface area contributed by atoms with Crippen molar-refractivity contribution in [2.75, 3.05) is 13.7 Å². The van der Waals surface area contributed by atoms with Gasteiger partial charge in [-0.2, -0.15) is 0 Å². The van der Waals surface area contributed by atoms with Gasteiger partial charge in [-0.1, -0.05) is 46.2 Å². The van der Waals surface area contributed by atoms with E-state index in [1.54, 1.807) is 7.11 Å². The van der Waals surface area contributed by atoms with Crippen molar-refractivity contribution in [3.05, 3.63) is 29.8 Å². The summed E-state index contributed by atoms with van der Waals surface area (Å²) in [4.78, 5) is 0. The molecular weight excluding hydrogens is 198 g/mol. The van der Waals surface area contributed by atoms with Crippen molar-refractivity contribution < 1.29 is 4.74 Å². The van der Waals surface area contributed by atoms with E-state index in [9.17, 15) is 0 Å². The molecule has 0 aliphatic rings. The summed E-state index contributed by atoms with van der Waals surface area (Å²) in [6.07, 6.45) is 2.36. The maximum absolute atomic E-state index is 5.05. The zero-order valence-electron chi connectivity index (χ0n) is 11.4. The van der Waals surface area contributed by atoms with Crippen molar-refractivity contribution >= 4 is 0 Å². The Morgan fingerprint density at radius 2 is 1.50 bits per heavy atom. The highest BCUT2D eigenvalue weighted by atomic mass is 16.5. The quantitative estimate of drug-likeness (QED) is 0.852. The highest BCUT2D eigenvalue weighted by molar-refractivity contribution is 5.27. The minimum absolute atomic E-state index is 0.750. The van der Waals surface area contributed by atoms with Crippen molar-refractivity contribution in [1.82, 2.24) is 0 Å². The van der Waals surface area contributed by atoms with Gasteiger partial charge in [-0.25, -0.2) is 0 Å². The summed E-state index contributed by atoms with van der Waals surface area (Å²) in [5.74, 6) is 0.935. The molecule has 94 valence electrons. The van der Waals surface area contributed by atoms with E-state index in [1.165, 1.54) is 12.0 Å². The molecule has 0 saturated heterocycles. The predicted octanol–water partition coefficient (Wildman–Crippen LogP) is 3.64. The fraction of sp³-hybridized carbons (Fsp3) is 0.571. The monoisotopic (exact) mass is 225 g/mol. The average Bonchev–Trinajstić information content (AvgIpc) is 2.34. The van der Waals surface area contributed by atoms with Crippen LogP contribution in [0.15, 0.2) is 24.3 Å². The number of benzene rings is 1. The fourth-order valence-corrected chi connectivity index (χ4v) is 1.08. The molecule has 0 spiro atoms. The number of hydrogen-bond donors (Lipinski definition) is 1. The second-order valence-corrected chi connectivity index (χ2v) is 3.01. The van der Waals surface area contributed by atoms with Gasteiger partial charge in [0.25, 0.3) is 0 Å². The molecule has 16 heavy (non-hydrogen) atoms. The van der Waals surface area contributed by atoms with E-state index >= 15 is 0 Å². The number of ether oxygens (including phenoxy) is 1. The zero-order chi connectivity index (χ0) is 12.8. The number of aryl methyl sites for hydroxylation is 1. The molecule has 2 nitrogen and oxygen atoms in total. The Balaban J connectivity index is 0. The molecule has 0 atom stereocenters. The first-order valence-electron chi connectivity index (χ1n) is 6.11. The van der Waals surface area contributed by atoms with Crippen LogP contribution in [0.2, 0.25) is 0 Å². The molecule has 0 saturated carbocycles. The molecule has 2 N–H and O–H groups in total. The fourth-order valence-electron chi connectivity index (χ4n) is 1.08. The van der Waals surface area contributed by atoms with E-state index in [-0.39, 0.29) is 0 Å². The minimum atomic E-state index is 0.750. The smallest absolute Gasteiger partial charge is 0.118 e. The predicted molar refractivity (Wildman–Crippen MR) is 73.1 cm³/mol. The molecule has 0 aromatic heterocycles. The number of rotatable bonds is 3. The number of hydrogen-bond acceptors (Lipinski definition) is 2. The Morgan fingerprint density at radius 3 is 1.81 bits per heavy atom. The highest BCUT2D eigenvalue weighted by Crippen LogP contribution is 2.11. The molecule has 0 aliphatic heterocycles. The lowest BCUT2D eigenvalue weighted by molar-refractivity contribution is 0.414. The van der Waals surface area contributed by atoms with Crippen LogP contribution < -0.4 is 10.5 Å². The Labute approximate surface area is 101 Å². The van der Waals surface area contributed by atoms with E-state index in [1.807, 2.05) is 32.9 Å². The van der Waals surface area contributed by atoms with Crippen molar-refractivity contribution in [2.24, 2.45) is 5.73 Å². The lowest BCUT2D eigenvalue weighted by Gasteiger charge is -2.00. The summed E-state index contributed by atoms with van der Waals surface area (Å²) in [5.41, 5.74) is 6.23. The van der Waals surface area contributed by atoms with Crippen molar-refractivity contribution in [3.63, 3.8) is 0 Å². The lowest BCUT2D eigenvalue weighted by atomic mass is 10.1. The van der Waals surface area contributed by atoms with Gasteiger partial charge >= 0.3 is 0 Å². The molecule has 1 rings (SSSR count). The van der Waals surface area contributed by atoms with E-state index < -0.39 is 0 Å². The number of nitrogens with two attached hydrogens (primary N) is 1. The van der Waals surface area contributed by atoms with Gasteiger partial charge in [0.2, 0.25) is 0 Å². The Bertz CT molecular complexity index is 219. The third kappa shape index (κ3) is 9.53. The normalized spacial score (nSPS) is 8.12. The molecule has 2 heteroatoms. The van der Waals surface area contributed by atoms with Crippen LogP contribution in [0.3, 0.4) is 0 Å². The SMILES string of the molecule is CC.CCCc1ccc(OC)cc1.CCN. The van der Waals surface area contributed by atoms with Gasteiger partial charge in [0.1, 0.15) is 5.75 Å². The van der Waals surface area contributed by atoms with Gasteiger partial charge in [0.05, 0.1) is 7.11 Å². The standard InChI is InChI=1S/C10H14O.C2H7N.C2H6/c1-3-4-9-5-7-10(11-2)8-6-9;1-2-3;1-2/h5-8H,3-4H2,1-2H3;2-3H2,1H3;1-2H3. The van der Waals surface area contributed by atoms with Crippen molar-refractivity contribution in [2.45, 2.75) is 40.5 Å². The topological polar surface area (TPSA) is 35.2 Å². The summed E-state index contributed by atoms with van der Waals surface area (Å²) in [6.45, 7) is 8.84. The summed E-state index contributed by atoms with van der Waals surface area (Å²) < 4.78 is 5.05. The Kier molecular flexibility index (Phi) is 15.2. The average molecular weight is 225 g/mol. The van der Waals surface area contributed by atoms with Crippen LogP contribution in [0.4, 0.5) is 0 Å². The molecule has 0 heterocycles. The molecule has 1 aromatic carbocycles. The van der Waals surface area contributed by atoms with Gasteiger partial charge in [0.15, 0.2) is 0 Å². The van der Waals surface area contributed by atoms with Gasteiger partial charge in [-0.15, -0.1) is 0 Å². The molecule has 0 aliphatic carbocycles. The third-order valence-corrected chi connectivity index (χ3v) is 1.70. The molecular formula is C14H27NO. The van der Waals surface area contributed by atoms with Crippen LogP contribution in [-0.2, 0) is 6.42 Å². The molecule has 0 unspecified atom stereocenters. The highest BCUT2D eigenvalue weighted by Gasteiger charge is 1.91. The van der Waals surface area contributed by atoms with Gasteiger partial charge in [-0.3, -0.25) is 0 Å². The maximum Gasteiger partial charge on any atom is 0.118 e. The largest absolute Gasteiger partial charge is 0.497 e. The van der Waals surface area contributed by atoms with Crippen LogP contribution in [0, 0.1) is 0 Å². The van der Waals surface area contributed by atoms with E-state index in [2.05, 4.69) is 19.1 Å². The van der Waals surface area contributed by atoms with Crippen molar-refractivity contribution in [1.29, 1.82) is 0 Å². The van der Waals surface area contributed by atoms with Crippen LogP contribution in [-0.4, -0.2) is 13.7 Å². The maximum atomic E-state index is 5.05. The van der Waals surface area contributed by atoms with Crippen LogP contribution in [0.5, 0.6) is 5.75 Å². The first-order chi connectivity index (χ1) is 7.78. The number of methoxy groups -OCH3 is 1. The summed E-state index contributed by atoms with van der Waals surface area (Å²) >= 11 is 0. The van der Waals surface area contributed by atoms with Crippen LogP contribution in [0.25, 0.3) is 0 Å². The van der Waals surface area contributed by atoms with Crippen LogP contribution >= 0.6 is 0 Å². The summed E-state index contributed by atoms with van der Waals surface area (Å²) in [7, 11) is 1.69. The molecule has 0 fully saturated rings. The first kappa shape index (κ1) is 17.4. The summed E-state index contributed by atoms with van der Waals surface area (Å²) in [5, 5.41) is 0. The van der Waals surface area contributed by atoms with E-state index in [0.29, 0.717) is 0 Å². The van der Waals surface area contributed by atoms with E-state index in [4.69, 9.17) is 10.5 Å². The second-order valence-electron chi connectivity index (χ2n) is 3.01. The Morgan fingerprint density at radius 1 is 1.06 bits per heavy atom. The minimum Gasteiger partial charge on any atom is -0.497 e. The Hall–Kier alpha value is -1.02. The zero-order valence-corrected chi connectivity index (χ0v) is 11.4. The van der Waals surface area contributed by atoms with Gasteiger partial charge < -0.3 is 10.5 Å². The third-order valence-electron chi connectivity index (χ3n) is 1.70. The molecule has 1 aromatic rings.